The van der Waals surface area contributed by atoms with E-state index in [0.717, 1.165) is 15.7 Å². The maximum absolute atomic E-state index is 12.9. The molecule has 0 spiro atoms. The van der Waals surface area contributed by atoms with Crippen molar-refractivity contribution in [3.05, 3.63) is 39.7 Å². The summed E-state index contributed by atoms with van der Waals surface area (Å²) in [6, 6.07) is 5.42. The Morgan fingerprint density at radius 3 is 2.65 bits per heavy atom. The SMILES string of the molecule is COc1ccc2c(c1)CC(C)(C)c1c-2nc(NCC(F)(F)F)n(C)c1=O. The summed E-state index contributed by atoms with van der Waals surface area (Å²) >= 11 is 0. The number of benzene rings is 1. The molecule has 0 unspecified atom stereocenters. The number of methoxy groups -OCH3 is 1. The van der Waals surface area contributed by atoms with Crippen molar-refractivity contribution >= 4 is 5.95 Å². The number of fused-ring (bicyclic) bond motifs is 3. The number of halogens is 3. The summed E-state index contributed by atoms with van der Waals surface area (Å²) < 4.78 is 44.1. The lowest BCUT2D eigenvalue weighted by Crippen LogP contribution is -2.38. The highest BCUT2D eigenvalue weighted by Crippen LogP contribution is 2.41. The minimum absolute atomic E-state index is 0.106. The van der Waals surface area contributed by atoms with Crippen molar-refractivity contribution in [3.63, 3.8) is 0 Å². The first kappa shape index (κ1) is 18.3. The van der Waals surface area contributed by atoms with Gasteiger partial charge in [0.1, 0.15) is 12.3 Å². The largest absolute Gasteiger partial charge is 0.497 e. The van der Waals surface area contributed by atoms with Crippen LogP contribution in [-0.4, -0.2) is 29.4 Å². The minimum Gasteiger partial charge on any atom is -0.497 e. The van der Waals surface area contributed by atoms with E-state index in [2.05, 4.69) is 10.3 Å². The summed E-state index contributed by atoms with van der Waals surface area (Å²) in [6.45, 7) is 2.60. The summed E-state index contributed by atoms with van der Waals surface area (Å²) in [5, 5.41) is 2.23. The molecule has 1 aromatic carbocycles. The zero-order valence-corrected chi connectivity index (χ0v) is 15.0. The van der Waals surface area contributed by atoms with Crippen LogP contribution in [0.3, 0.4) is 0 Å². The van der Waals surface area contributed by atoms with E-state index >= 15 is 0 Å². The number of anilines is 1. The highest BCUT2D eigenvalue weighted by Gasteiger charge is 2.36. The number of aromatic nitrogens is 2. The first-order chi connectivity index (χ1) is 12.0. The molecule has 3 rings (SSSR count). The Morgan fingerprint density at radius 2 is 2.04 bits per heavy atom. The number of nitrogens with zero attached hydrogens (tertiary/aromatic N) is 2. The minimum atomic E-state index is -4.40. The molecule has 140 valence electrons. The van der Waals surface area contributed by atoms with Gasteiger partial charge in [0.25, 0.3) is 5.56 Å². The summed E-state index contributed by atoms with van der Waals surface area (Å²) in [4.78, 5) is 17.3. The van der Waals surface area contributed by atoms with Crippen LogP contribution in [0.15, 0.2) is 23.0 Å². The Bertz CT molecular complexity index is 917. The fourth-order valence-corrected chi connectivity index (χ4v) is 3.38. The molecular formula is C18H20F3N3O2. The molecule has 26 heavy (non-hydrogen) atoms. The molecule has 1 heterocycles. The Kier molecular flexibility index (Phi) is 4.24. The van der Waals surface area contributed by atoms with Crippen molar-refractivity contribution in [3.8, 4) is 17.0 Å². The summed E-state index contributed by atoms with van der Waals surface area (Å²) in [5.41, 5.74) is 1.78. The third-order valence-corrected chi connectivity index (χ3v) is 4.61. The van der Waals surface area contributed by atoms with Crippen molar-refractivity contribution in [1.82, 2.24) is 9.55 Å². The Hall–Kier alpha value is -2.51. The van der Waals surface area contributed by atoms with Crippen LogP contribution in [0, 0.1) is 0 Å². The van der Waals surface area contributed by atoms with Crippen LogP contribution in [-0.2, 0) is 18.9 Å². The summed E-state index contributed by atoms with van der Waals surface area (Å²) in [6.07, 6.45) is -3.79. The normalized spacial score (nSPS) is 15.2. The molecule has 0 radical (unpaired) electrons. The van der Waals surface area contributed by atoms with Gasteiger partial charge in [-0.2, -0.15) is 13.2 Å². The van der Waals surface area contributed by atoms with E-state index in [0.29, 0.717) is 23.4 Å². The second-order valence-corrected chi connectivity index (χ2v) is 7.08. The average molecular weight is 367 g/mol. The van der Waals surface area contributed by atoms with Crippen LogP contribution in [0.25, 0.3) is 11.3 Å². The van der Waals surface area contributed by atoms with Gasteiger partial charge in [-0.1, -0.05) is 13.8 Å². The van der Waals surface area contributed by atoms with Crippen LogP contribution in [0.5, 0.6) is 5.75 Å². The highest BCUT2D eigenvalue weighted by molar-refractivity contribution is 5.73. The molecule has 0 aliphatic heterocycles. The van der Waals surface area contributed by atoms with Gasteiger partial charge in [-0.15, -0.1) is 0 Å². The summed E-state index contributed by atoms with van der Waals surface area (Å²) in [7, 11) is 2.99. The van der Waals surface area contributed by atoms with Crippen LogP contribution >= 0.6 is 0 Å². The van der Waals surface area contributed by atoms with Gasteiger partial charge in [-0.25, -0.2) is 4.98 Å². The molecule has 0 amide bonds. The van der Waals surface area contributed by atoms with Crippen LogP contribution in [0.4, 0.5) is 19.1 Å². The van der Waals surface area contributed by atoms with Crippen molar-refractivity contribution in [1.29, 1.82) is 0 Å². The molecule has 1 aliphatic rings. The van der Waals surface area contributed by atoms with Gasteiger partial charge >= 0.3 is 6.18 Å². The van der Waals surface area contributed by atoms with E-state index < -0.39 is 18.1 Å². The number of rotatable bonds is 3. The zero-order valence-electron chi connectivity index (χ0n) is 15.0. The van der Waals surface area contributed by atoms with Crippen LogP contribution < -0.4 is 15.6 Å². The third kappa shape index (κ3) is 3.15. The molecule has 0 bridgehead atoms. The van der Waals surface area contributed by atoms with Gasteiger partial charge in [0.05, 0.1) is 12.8 Å². The lowest BCUT2D eigenvalue weighted by atomic mass is 9.72. The second-order valence-electron chi connectivity index (χ2n) is 7.08. The number of alkyl halides is 3. The van der Waals surface area contributed by atoms with E-state index in [-0.39, 0.29) is 11.5 Å². The number of hydrogen-bond donors (Lipinski definition) is 1. The topological polar surface area (TPSA) is 56.1 Å². The van der Waals surface area contributed by atoms with Gasteiger partial charge in [-0.05, 0) is 30.2 Å². The molecule has 0 saturated carbocycles. The van der Waals surface area contributed by atoms with Crippen molar-refractivity contribution in [2.24, 2.45) is 7.05 Å². The van der Waals surface area contributed by atoms with Crippen LogP contribution in [0.2, 0.25) is 0 Å². The van der Waals surface area contributed by atoms with Crippen molar-refractivity contribution < 1.29 is 17.9 Å². The fourth-order valence-electron chi connectivity index (χ4n) is 3.38. The predicted octanol–water partition coefficient (Wildman–Crippen LogP) is 3.26. The monoisotopic (exact) mass is 367 g/mol. The van der Waals surface area contributed by atoms with Gasteiger partial charge in [-0.3, -0.25) is 9.36 Å². The molecule has 1 aromatic heterocycles. The molecule has 8 heteroatoms. The third-order valence-electron chi connectivity index (χ3n) is 4.61. The zero-order chi connectivity index (χ0) is 19.3. The molecule has 1 N–H and O–H groups in total. The number of hydrogen-bond acceptors (Lipinski definition) is 4. The Balaban J connectivity index is 2.20. The standard InChI is InChI=1S/C18H20F3N3O2/c1-17(2)8-10-7-11(26-4)5-6-12(10)14-13(17)15(25)24(3)16(23-14)22-9-18(19,20)21/h5-7H,8-9H2,1-4H3,(H,22,23). The van der Waals surface area contributed by atoms with Gasteiger partial charge in [0.15, 0.2) is 0 Å². The molecule has 0 atom stereocenters. The number of ether oxygens (including phenoxy) is 1. The van der Waals surface area contributed by atoms with Gasteiger partial charge in [0, 0.05) is 23.6 Å². The molecule has 5 nitrogen and oxygen atoms in total. The van der Waals surface area contributed by atoms with Gasteiger partial charge in [0.2, 0.25) is 5.95 Å². The summed E-state index contributed by atoms with van der Waals surface area (Å²) in [5.74, 6) is 0.577. The van der Waals surface area contributed by atoms with E-state index in [4.69, 9.17) is 4.74 Å². The maximum atomic E-state index is 12.9. The van der Waals surface area contributed by atoms with E-state index in [9.17, 15) is 18.0 Å². The van der Waals surface area contributed by atoms with E-state index in [1.165, 1.54) is 7.05 Å². The molecule has 2 aromatic rings. The Labute approximate surface area is 148 Å². The second kappa shape index (κ2) is 6.03. The predicted molar refractivity (Wildman–Crippen MR) is 92.7 cm³/mol. The maximum Gasteiger partial charge on any atom is 0.405 e. The van der Waals surface area contributed by atoms with Crippen molar-refractivity contribution in [2.75, 3.05) is 19.0 Å². The Morgan fingerprint density at radius 1 is 1.35 bits per heavy atom. The fraction of sp³-hybridized carbons (Fsp3) is 0.444. The molecular weight excluding hydrogens is 347 g/mol. The first-order valence-electron chi connectivity index (χ1n) is 8.13. The quantitative estimate of drug-likeness (QED) is 0.905. The van der Waals surface area contributed by atoms with E-state index in [1.807, 2.05) is 19.9 Å². The van der Waals surface area contributed by atoms with Crippen LogP contribution in [0.1, 0.15) is 25.0 Å². The molecule has 1 aliphatic carbocycles. The molecule has 0 fully saturated rings. The highest BCUT2D eigenvalue weighted by atomic mass is 19.4. The lowest BCUT2D eigenvalue weighted by molar-refractivity contribution is -0.115. The van der Waals surface area contributed by atoms with Gasteiger partial charge < -0.3 is 10.1 Å². The van der Waals surface area contributed by atoms with Crippen molar-refractivity contribution in [2.45, 2.75) is 31.9 Å². The first-order valence-corrected chi connectivity index (χ1v) is 8.13. The number of nitrogens with one attached hydrogen (secondary N) is 1. The van der Waals surface area contributed by atoms with E-state index in [1.54, 1.807) is 19.2 Å². The average Bonchev–Trinajstić information content (AvgIpc) is 2.54. The molecule has 0 saturated heterocycles. The lowest BCUT2D eigenvalue weighted by Gasteiger charge is -2.33. The smallest absolute Gasteiger partial charge is 0.405 e.